The Hall–Kier alpha value is -3.13. The van der Waals surface area contributed by atoms with Crippen LogP contribution in [0.3, 0.4) is 0 Å². The maximum absolute atomic E-state index is 13.9. The molecule has 162 valence electrons. The maximum Gasteiger partial charge on any atom is 0.338 e. The second-order valence-corrected chi connectivity index (χ2v) is 7.94. The summed E-state index contributed by atoms with van der Waals surface area (Å²) in [6, 6.07) is 10.9. The molecule has 6 nitrogen and oxygen atoms in total. The summed E-state index contributed by atoms with van der Waals surface area (Å²) in [6.07, 6.45) is -0.308. The van der Waals surface area contributed by atoms with E-state index in [0.717, 1.165) is 0 Å². The van der Waals surface area contributed by atoms with E-state index in [1.807, 2.05) is 18.2 Å². The number of allylic oxidation sites excluding steroid dienone is 1. The quantitative estimate of drug-likeness (QED) is 0.561. The molecular weight excluding hydrogens is 419 g/mol. The lowest BCUT2D eigenvalue weighted by atomic mass is 9.94. The van der Waals surface area contributed by atoms with Gasteiger partial charge in [-0.05, 0) is 62.8 Å². The van der Waals surface area contributed by atoms with E-state index in [1.165, 1.54) is 12.1 Å². The fourth-order valence-electron chi connectivity index (χ4n) is 3.70. The van der Waals surface area contributed by atoms with E-state index in [4.69, 9.17) is 26.4 Å². The molecule has 4 rings (SSSR count). The first-order valence-corrected chi connectivity index (χ1v) is 10.4. The minimum absolute atomic E-state index is 0.308. The standard InChI is InChI=1S/C23H23FN2O4S/c1-13(2)30-22(27)20-14(3)26(17-7-8-18-19(12-17)29-10-9-28-18)23(31)25-21(20)15-5-4-6-16(24)11-15/h4-8,11-13,21H,9-10H2,1-3H3,(H,25,31)/t21-/m0/s1. The van der Waals surface area contributed by atoms with E-state index < -0.39 is 17.8 Å². The molecule has 31 heavy (non-hydrogen) atoms. The van der Waals surface area contributed by atoms with Crippen molar-refractivity contribution in [2.24, 2.45) is 0 Å². The normalized spacial score (nSPS) is 18.2. The van der Waals surface area contributed by atoms with Crippen molar-refractivity contribution in [2.75, 3.05) is 18.1 Å². The molecule has 0 aromatic heterocycles. The highest BCUT2D eigenvalue weighted by molar-refractivity contribution is 7.80. The number of rotatable bonds is 4. The number of ether oxygens (including phenoxy) is 3. The molecule has 0 amide bonds. The van der Waals surface area contributed by atoms with Crippen LogP contribution in [-0.2, 0) is 9.53 Å². The van der Waals surface area contributed by atoms with Gasteiger partial charge in [0, 0.05) is 11.8 Å². The number of carbonyl (C=O) groups is 1. The molecule has 0 saturated heterocycles. The molecule has 0 fully saturated rings. The minimum atomic E-state index is -0.636. The van der Waals surface area contributed by atoms with Crippen LogP contribution in [0.5, 0.6) is 11.5 Å². The summed E-state index contributed by atoms with van der Waals surface area (Å²) in [7, 11) is 0. The zero-order valence-electron chi connectivity index (χ0n) is 17.5. The zero-order valence-corrected chi connectivity index (χ0v) is 18.3. The second-order valence-electron chi connectivity index (χ2n) is 7.55. The molecule has 2 aromatic rings. The Labute approximate surface area is 185 Å². The summed E-state index contributed by atoms with van der Waals surface area (Å²) in [5.74, 6) is 0.385. The first kappa shape index (κ1) is 21.1. The molecule has 2 aliphatic heterocycles. The number of halogens is 1. The van der Waals surface area contributed by atoms with E-state index in [-0.39, 0.29) is 6.10 Å². The SMILES string of the molecule is CC1=C(C(=O)OC(C)C)[C@H](c2cccc(F)c2)NC(=S)N1c1ccc2c(c1)OCCO2. The highest BCUT2D eigenvalue weighted by Gasteiger charge is 2.36. The summed E-state index contributed by atoms with van der Waals surface area (Å²) in [4.78, 5) is 14.8. The molecule has 8 heteroatoms. The molecular formula is C23H23FN2O4S. The smallest absolute Gasteiger partial charge is 0.338 e. The summed E-state index contributed by atoms with van der Waals surface area (Å²) in [5, 5.41) is 3.56. The first-order chi connectivity index (χ1) is 14.8. The van der Waals surface area contributed by atoms with Crippen molar-refractivity contribution >= 4 is 29.0 Å². The van der Waals surface area contributed by atoms with Gasteiger partial charge in [-0.2, -0.15) is 0 Å². The van der Waals surface area contributed by atoms with Crippen LogP contribution in [0.25, 0.3) is 0 Å². The fraction of sp³-hybridized carbons (Fsp3) is 0.304. The summed E-state index contributed by atoms with van der Waals surface area (Å²) in [6.45, 7) is 6.32. The number of esters is 1. The molecule has 0 radical (unpaired) electrons. The van der Waals surface area contributed by atoms with Crippen LogP contribution in [0.15, 0.2) is 53.7 Å². The maximum atomic E-state index is 13.9. The van der Waals surface area contributed by atoms with E-state index >= 15 is 0 Å². The number of benzene rings is 2. The van der Waals surface area contributed by atoms with E-state index in [1.54, 1.807) is 37.8 Å². The average Bonchev–Trinajstić information content (AvgIpc) is 2.72. The number of nitrogens with one attached hydrogen (secondary N) is 1. The number of hydrogen-bond donors (Lipinski definition) is 1. The predicted octanol–water partition coefficient (Wildman–Crippen LogP) is 4.26. The number of anilines is 1. The van der Waals surface area contributed by atoms with Gasteiger partial charge in [0.05, 0.1) is 23.4 Å². The van der Waals surface area contributed by atoms with E-state index in [0.29, 0.717) is 52.3 Å². The Kier molecular flexibility index (Phi) is 5.82. The third-order valence-electron chi connectivity index (χ3n) is 5.01. The molecule has 0 spiro atoms. The number of nitrogens with zero attached hydrogens (tertiary/aromatic N) is 1. The summed E-state index contributed by atoms with van der Waals surface area (Å²) >= 11 is 5.64. The fourth-order valence-corrected chi connectivity index (χ4v) is 4.06. The largest absolute Gasteiger partial charge is 0.486 e. The van der Waals surface area contributed by atoms with Gasteiger partial charge in [0.2, 0.25) is 0 Å². The Bertz CT molecular complexity index is 1070. The number of carbonyl (C=O) groups excluding carboxylic acids is 1. The van der Waals surface area contributed by atoms with Gasteiger partial charge >= 0.3 is 5.97 Å². The minimum Gasteiger partial charge on any atom is -0.486 e. The summed E-state index contributed by atoms with van der Waals surface area (Å²) < 4.78 is 30.7. The third kappa shape index (κ3) is 4.20. The Morgan fingerprint density at radius 2 is 1.94 bits per heavy atom. The van der Waals surface area contributed by atoms with Gasteiger partial charge in [0.1, 0.15) is 19.0 Å². The predicted molar refractivity (Wildman–Crippen MR) is 119 cm³/mol. The van der Waals surface area contributed by atoms with Gasteiger partial charge in [-0.1, -0.05) is 12.1 Å². The molecule has 2 aliphatic rings. The van der Waals surface area contributed by atoms with Gasteiger partial charge in [-0.3, -0.25) is 4.90 Å². The van der Waals surface area contributed by atoms with Crippen molar-refractivity contribution in [2.45, 2.75) is 32.9 Å². The van der Waals surface area contributed by atoms with Crippen LogP contribution >= 0.6 is 12.2 Å². The van der Waals surface area contributed by atoms with Gasteiger partial charge < -0.3 is 19.5 Å². The van der Waals surface area contributed by atoms with Crippen LogP contribution in [0.4, 0.5) is 10.1 Å². The van der Waals surface area contributed by atoms with Crippen molar-refractivity contribution in [1.82, 2.24) is 5.32 Å². The van der Waals surface area contributed by atoms with Crippen LogP contribution < -0.4 is 19.7 Å². The summed E-state index contributed by atoms with van der Waals surface area (Å²) in [5.41, 5.74) is 2.26. The van der Waals surface area contributed by atoms with Crippen molar-refractivity contribution in [1.29, 1.82) is 0 Å². The number of hydrogen-bond acceptors (Lipinski definition) is 5. The Morgan fingerprint density at radius 1 is 1.19 bits per heavy atom. The molecule has 2 heterocycles. The van der Waals surface area contributed by atoms with Crippen molar-refractivity contribution < 1.29 is 23.4 Å². The van der Waals surface area contributed by atoms with Gasteiger partial charge in [-0.15, -0.1) is 0 Å². The highest BCUT2D eigenvalue weighted by atomic mass is 32.1. The lowest BCUT2D eigenvalue weighted by molar-refractivity contribution is -0.143. The Balaban J connectivity index is 1.81. The molecule has 0 bridgehead atoms. The van der Waals surface area contributed by atoms with Crippen LogP contribution in [0.2, 0.25) is 0 Å². The Morgan fingerprint density at radius 3 is 2.65 bits per heavy atom. The molecule has 2 aromatic carbocycles. The highest BCUT2D eigenvalue weighted by Crippen LogP contribution is 2.39. The number of thiocarbonyl (C=S) groups is 1. The van der Waals surface area contributed by atoms with E-state index in [9.17, 15) is 9.18 Å². The molecule has 1 N–H and O–H groups in total. The lowest BCUT2D eigenvalue weighted by Crippen LogP contribution is -2.48. The van der Waals surface area contributed by atoms with Gasteiger partial charge in [-0.25, -0.2) is 9.18 Å². The third-order valence-corrected chi connectivity index (χ3v) is 5.31. The molecule has 0 saturated carbocycles. The molecule has 1 atom stereocenters. The second kappa shape index (κ2) is 8.55. The van der Waals surface area contributed by atoms with Gasteiger partial charge in [0.25, 0.3) is 0 Å². The molecule has 0 aliphatic carbocycles. The van der Waals surface area contributed by atoms with E-state index in [2.05, 4.69) is 5.32 Å². The number of fused-ring (bicyclic) bond motifs is 1. The van der Waals surface area contributed by atoms with Crippen molar-refractivity contribution in [3.8, 4) is 11.5 Å². The van der Waals surface area contributed by atoms with Gasteiger partial charge in [0.15, 0.2) is 16.6 Å². The van der Waals surface area contributed by atoms with Crippen LogP contribution in [0.1, 0.15) is 32.4 Å². The van der Waals surface area contributed by atoms with Crippen LogP contribution in [-0.4, -0.2) is 30.4 Å². The van der Waals surface area contributed by atoms with Crippen molar-refractivity contribution in [3.63, 3.8) is 0 Å². The average molecular weight is 443 g/mol. The van der Waals surface area contributed by atoms with Crippen LogP contribution in [0, 0.1) is 5.82 Å². The monoisotopic (exact) mass is 442 g/mol. The first-order valence-electron chi connectivity index (χ1n) is 10.0. The van der Waals surface area contributed by atoms with Crippen molar-refractivity contribution in [3.05, 3.63) is 65.1 Å². The zero-order chi connectivity index (χ0) is 22.1. The lowest BCUT2D eigenvalue weighted by Gasteiger charge is -2.38. The topological polar surface area (TPSA) is 60.0 Å². The molecule has 0 unspecified atom stereocenters.